The first-order valence-electron chi connectivity index (χ1n) is 6.53. The number of nitrogens with two attached hydrogens (primary N) is 1. The number of benzene rings is 1. The largest absolute Gasteiger partial charge is 0.380 e. The molecule has 0 aromatic heterocycles. The van der Waals surface area contributed by atoms with Crippen LogP contribution in [-0.2, 0) is 21.3 Å². The molecule has 20 heavy (non-hydrogen) atoms. The van der Waals surface area contributed by atoms with Crippen LogP contribution in [0.25, 0.3) is 0 Å². The van der Waals surface area contributed by atoms with Crippen LogP contribution >= 0.6 is 15.9 Å². The lowest BCUT2D eigenvalue weighted by Crippen LogP contribution is -2.40. The summed E-state index contributed by atoms with van der Waals surface area (Å²) in [4.78, 5) is 0.276. The summed E-state index contributed by atoms with van der Waals surface area (Å²) in [5, 5.41) is 0. The molecule has 0 radical (unpaired) electrons. The SMILES string of the molecule is Cc1c(Br)cc(CN)cc1S(=O)(=O)NC1CCCOC1. The van der Waals surface area contributed by atoms with Crippen molar-refractivity contribution in [2.24, 2.45) is 5.73 Å². The van der Waals surface area contributed by atoms with E-state index in [1.807, 2.05) is 6.07 Å². The van der Waals surface area contributed by atoms with Crippen molar-refractivity contribution in [2.75, 3.05) is 13.2 Å². The first kappa shape index (κ1) is 15.9. The summed E-state index contributed by atoms with van der Waals surface area (Å²) in [5.74, 6) is 0. The Balaban J connectivity index is 2.30. The normalized spacial score (nSPS) is 20.1. The molecule has 2 rings (SSSR count). The fraction of sp³-hybridized carbons (Fsp3) is 0.538. The minimum atomic E-state index is -3.56. The third kappa shape index (κ3) is 3.59. The van der Waals surface area contributed by atoms with E-state index in [4.69, 9.17) is 10.5 Å². The molecule has 0 saturated carbocycles. The lowest BCUT2D eigenvalue weighted by Gasteiger charge is -2.23. The highest BCUT2D eigenvalue weighted by Crippen LogP contribution is 2.26. The molecule has 5 nitrogen and oxygen atoms in total. The highest BCUT2D eigenvalue weighted by molar-refractivity contribution is 9.10. The van der Waals surface area contributed by atoms with Gasteiger partial charge in [-0.05, 0) is 43.0 Å². The molecule has 1 unspecified atom stereocenters. The first-order chi connectivity index (χ1) is 9.44. The van der Waals surface area contributed by atoms with Crippen LogP contribution in [0.15, 0.2) is 21.5 Å². The number of rotatable bonds is 4. The first-order valence-corrected chi connectivity index (χ1v) is 8.81. The van der Waals surface area contributed by atoms with E-state index in [0.717, 1.165) is 22.9 Å². The van der Waals surface area contributed by atoms with E-state index >= 15 is 0 Å². The molecular weight excluding hydrogens is 344 g/mol. The van der Waals surface area contributed by atoms with Crippen molar-refractivity contribution >= 4 is 26.0 Å². The summed E-state index contributed by atoms with van der Waals surface area (Å²) in [6.07, 6.45) is 1.68. The Kier molecular flexibility index (Phi) is 5.19. The summed E-state index contributed by atoms with van der Waals surface area (Å²) in [6.45, 7) is 3.20. The summed E-state index contributed by atoms with van der Waals surface area (Å²) < 4.78 is 33.8. The van der Waals surface area contributed by atoms with E-state index in [1.54, 1.807) is 13.0 Å². The van der Waals surface area contributed by atoms with Gasteiger partial charge in [0.2, 0.25) is 10.0 Å². The van der Waals surface area contributed by atoms with Crippen molar-refractivity contribution in [1.29, 1.82) is 0 Å². The Morgan fingerprint density at radius 1 is 1.50 bits per heavy atom. The maximum Gasteiger partial charge on any atom is 0.241 e. The van der Waals surface area contributed by atoms with Gasteiger partial charge >= 0.3 is 0 Å². The summed E-state index contributed by atoms with van der Waals surface area (Å²) >= 11 is 3.38. The van der Waals surface area contributed by atoms with Crippen LogP contribution in [0.4, 0.5) is 0 Å². The number of sulfonamides is 1. The van der Waals surface area contributed by atoms with E-state index in [2.05, 4.69) is 20.7 Å². The maximum absolute atomic E-state index is 12.5. The van der Waals surface area contributed by atoms with Gasteiger partial charge in [0.1, 0.15) is 0 Å². The quantitative estimate of drug-likeness (QED) is 0.853. The van der Waals surface area contributed by atoms with Gasteiger partial charge in [0.15, 0.2) is 0 Å². The molecule has 1 saturated heterocycles. The van der Waals surface area contributed by atoms with Crippen LogP contribution in [0.5, 0.6) is 0 Å². The van der Waals surface area contributed by atoms with Gasteiger partial charge in [-0.1, -0.05) is 15.9 Å². The third-order valence-corrected chi connectivity index (χ3v) is 5.83. The van der Waals surface area contributed by atoms with Crippen LogP contribution in [-0.4, -0.2) is 27.7 Å². The molecule has 0 amide bonds. The van der Waals surface area contributed by atoms with Crippen LogP contribution < -0.4 is 10.5 Å². The molecule has 1 heterocycles. The zero-order chi connectivity index (χ0) is 14.8. The smallest absolute Gasteiger partial charge is 0.241 e. The number of nitrogens with one attached hydrogen (secondary N) is 1. The van der Waals surface area contributed by atoms with Crippen LogP contribution in [0.2, 0.25) is 0 Å². The Morgan fingerprint density at radius 2 is 2.25 bits per heavy atom. The highest BCUT2D eigenvalue weighted by atomic mass is 79.9. The molecule has 1 atom stereocenters. The third-order valence-electron chi connectivity index (χ3n) is 3.36. The zero-order valence-electron chi connectivity index (χ0n) is 11.4. The molecule has 1 aromatic carbocycles. The van der Waals surface area contributed by atoms with Crippen LogP contribution in [0.3, 0.4) is 0 Å². The molecule has 0 spiro atoms. The van der Waals surface area contributed by atoms with E-state index in [1.165, 1.54) is 0 Å². The Hall–Kier alpha value is -0.470. The average Bonchev–Trinajstić information content (AvgIpc) is 2.42. The van der Waals surface area contributed by atoms with Crippen molar-refractivity contribution in [2.45, 2.75) is 37.2 Å². The summed E-state index contributed by atoms with van der Waals surface area (Å²) in [6, 6.07) is 3.32. The summed E-state index contributed by atoms with van der Waals surface area (Å²) in [5.41, 5.74) is 7.08. The van der Waals surface area contributed by atoms with Gasteiger partial charge in [-0.25, -0.2) is 13.1 Å². The number of ether oxygens (including phenoxy) is 1. The predicted molar refractivity (Wildman–Crippen MR) is 80.9 cm³/mol. The molecule has 1 aliphatic heterocycles. The molecule has 0 aliphatic carbocycles. The molecule has 1 aliphatic rings. The maximum atomic E-state index is 12.5. The second-order valence-corrected chi connectivity index (χ2v) is 7.48. The van der Waals surface area contributed by atoms with E-state index in [0.29, 0.717) is 25.3 Å². The van der Waals surface area contributed by atoms with E-state index < -0.39 is 10.0 Å². The topological polar surface area (TPSA) is 81.4 Å². The monoisotopic (exact) mass is 362 g/mol. The molecule has 1 aromatic rings. The highest BCUT2D eigenvalue weighted by Gasteiger charge is 2.24. The average molecular weight is 363 g/mol. The minimum absolute atomic E-state index is 0.159. The molecular formula is C13H19BrN2O3S. The second kappa shape index (κ2) is 6.53. The number of hydrogen-bond donors (Lipinski definition) is 2. The predicted octanol–water partition coefficient (Wildman–Crippen LogP) is 1.67. The zero-order valence-corrected chi connectivity index (χ0v) is 13.8. The summed E-state index contributed by atoms with van der Waals surface area (Å²) in [7, 11) is -3.56. The van der Waals surface area contributed by atoms with Gasteiger partial charge in [-0.15, -0.1) is 0 Å². The molecule has 0 bridgehead atoms. The van der Waals surface area contributed by atoms with Gasteiger partial charge < -0.3 is 10.5 Å². The standard InChI is InChI=1S/C13H19BrN2O3S/c1-9-12(14)5-10(7-15)6-13(9)20(17,18)16-11-3-2-4-19-8-11/h5-6,11,16H,2-4,7-8,15H2,1H3. The van der Waals surface area contributed by atoms with Crippen molar-refractivity contribution in [3.05, 3.63) is 27.7 Å². The number of hydrogen-bond acceptors (Lipinski definition) is 4. The van der Waals surface area contributed by atoms with E-state index in [9.17, 15) is 8.42 Å². The van der Waals surface area contributed by atoms with E-state index in [-0.39, 0.29) is 10.9 Å². The van der Waals surface area contributed by atoms with Gasteiger partial charge in [0.25, 0.3) is 0 Å². The van der Waals surface area contributed by atoms with Crippen molar-refractivity contribution in [3.8, 4) is 0 Å². The fourth-order valence-electron chi connectivity index (χ4n) is 2.22. The Bertz CT molecular complexity index is 584. The Morgan fingerprint density at radius 3 is 2.85 bits per heavy atom. The van der Waals surface area contributed by atoms with Crippen molar-refractivity contribution in [3.63, 3.8) is 0 Å². The van der Waals surface area contributed by atoms with Crippen LogP contribution in [0, 0.1) is 6.92 Å². The van der Waals surface area contributed by atoms with Gasteiger partial charge in [-0.3, -0.25) is 0 Å². The van der Waals surface area contributed by atoms with Crippen molar-refractivity contribution < 1.29 is 13.2 Å². The second-order valence-electron chi connectivity index (χ2n) is 4.94. The van der Waals surface area contributed by atoms with Crippen LogP contribution in [0.1, 0.15) is 24.0 Å². The lowest BCUT2D eigenvalue weighted by molar-refractivity contribution is 0.0774. The number of halogens is 1. The van der Waals surface area contributed by atoms with Crippen molar-refractivity contribution in [1.82, 2.24) is 4.72 Å². The van der Waals surface area contributed by atoms with Gasteiger partial charge in [0, 0.05) is 23.7 Å². The Labute approximate surface area is 128 Å². The fourth-order valence-corrected chi connectivity index (χ4v) is 4.43. The lowest BCUT2D eigenvalue weighted by atomic mass is 10.1. The molecule has 1 fully saturated rings. The molecule has 3 N–H and O–H groups in total. The van der Waals surface area contributed by atoms with Gasteiger partial charge in [0.05, 0.1) is 11.5 Å². The molecule has 112 valence electrons. The minimum Gasteiger partial charge on any atom is -0.380 e. The molecule has 7 heteroatoms. The van der Waals surface area contributed by atoms with Gasteiger partial charge in [-0.2, -0.15) is 0 Å².